The Hall–Kier alpha value is -2.26. The summed E-state index contributed by atoms with van der Waals surface area (Å²) in [6.45, 7) is 0. The predicted molar refractivity (Wildman–Crippen MR) is 68.8 cm³/mol. The molecule has 0 bridgehead atoms. The summed E-state index contributed by atoms with van der Waals surface area (Å²) in [4.78, 5) is 0. The summed E-state index contributed by atoms with van der Waals surface area (Å²) in [5.74, 6) is 6.28. The van der Waals surface area contributed by atoms with Crippen LogP contribution in [0.2, 0.25) is 0 Å². The van der Waals surface area contributed by atoms with Crippen LogP contribution in [0.1, 0.15) is 5.56 Å². The van der Waals surface area contributed by atoms with Crippen molar-refractivity contribution in [2.45, 2.75) is 0 Å². The summed E-state index contributed by atoms with van der Waals surface area (Å²) in [6, 6.07) is 10.0. The third-order valence-electron chi connectivity index (χ3n) is 2.12. The van der Waals surface area contributed by atoms with Gasteiger partial charge in [0.1, 0.15) is 0 Å². The summed E-state index contributed by atoms with van der Waals surface area (Å²) >= 11 is 0. The average Bonchev–Trinajstić information content (AvgIpc) is 2.29. The van der Waals surface area contributed by atoms with Gasteiger partial charge < -0.3 is 0 Å². The van der Waals surface area contributed by atoms with Gasteiger partial charge in [0.25, 0.3) is 0 Å². The van der Waals surface area contributed by atoms with Gasteiger partial charge in [0.05, 0.1) is 0 Å². The molecule has 1 aromatic carbocycles. The lowest BCUT2D eigenvalue weighted by molar-refractivity contribution is 1.64. The van der Waals surface area contributed by atoms with Gasteiger partial charge in [0.2, 0.25) is 0 Å². The number of hydrogen-bond acceptors (Lipinski definition) is 0. The first-order valence-corrected chi connectivity index (χ1v) is 5.24. The van der Waals surface area contributed by atoms with Crippen LogP contribution in [-0.4, -0.2) is 0 Å². The first-order chi connectivity index (χ1) is 7.95. The Labute approximate surface area is 96.3 Å². The van der Waals surface area contributed by atoms with E-state index in [2.05, 4.69) is 11.8 Å². The highest BCUT2D eigenvalue weighted by Gasteiger charge is 1.85. The Kier molecular flexibility index (Phi) is 3.58. The fourth-order valence-corrected chi connectivity index (χ4v) is 1.32. The summed E-state index contributed by atoms with van der Waals surface area (Å²) in [5, 5.41) is 0. The second kappa shape index (κ2) is 5.58. The van der Waals surface area contributed by atoms with Gasteiger partial charge in [-0.3, -0.25) is 0 Å². The van der Waals surface area contributed by atoms with Crippen LogP contribution in [0.15, 0.2) is 78.4 Å². The molecule has 0 aliphatic heterocycles. The molecule has 0 saturated carbocycles. The molecule has 0 aromatic heterocycles. The number of hydrogen-bond donors (Lipinski definition) is 0. The van der Waals surface area contributed by atoms with E-state index < -0.39 is 0 Å². The summed E-state index contributed by atoms with van der Waals surface area (Å²) in [5.41, 5.74) is 2.06. The molecule has 0 heteroatoms. The minimum atomic E-state index is 1.02. The molecule has 1 aromatic rings. The van der Waals surface area contributed by atoms with Gasteiger partial charge in [-0.25, -0.2) is 0 Å². The second-order valence-electron chi connectivity index (χ2n) is 3.37. The van der Waals surface area contributed by atoms with Crippen LogP contribution < -0.4 is 0 Å². The van der Waals surface area contributed by atoms with Crippen LogP contribution in [0.3, 0.4) is 0 Å². The van der Waals surface area contributed by atoms with Crippen LogP contribution in [0.5, 0.6) is 0 Å². The van der Waals surface area contributed by atoms with E-state index in [0.717, 1.165) is 11.1 Å². The van der Waals surface area contributed by atoms with Crippen molar-refractivity contribution in [1.82, 2.24) is 0 Å². The van der Waals surface area contributed by atoms with Crippen LogP contribution >= 0.6 is 0 Å². The zero-order chi connectivity index (χ0) is 11.1. The fraction of sp³-hybridized carbons (Fsp3) is 0. The lowest BCUT2D eigenvalue weighted by Gasteiger charge is -1.90. The van der Waals surface area contributed by atoms with Gasteiger partial charge in [0, 0.05) is 11.1 Å². The number of rotatable bonds is 0. The molecule has 16 heavy (non-hydrogen) atoms. The Morgan fingerprint density at radius 1 is 0.688 bits per heavy atom. The standard InChI is InChI=1S/C16H12/c1-2-5-9-15(10-6-3-1)13-14-16-11-7-4-8-12-16/h1-12H/b2-1-,3-1?,5-2?,6-3-,9-5?,10-6?,15-9?,15-10?. The Balaban J connectivity index is 2.19. The van der Waals surface area contributed by atoms with E-state index in [-0.39, 0.29) is 0 Å². The summed E-state index contributed by atoms with van der Waals surface area (Å²) in [7, 11) is 0. The zero-order valence-corrected chi connectivity index (χ0v) is 8.93. The first-order valence-electron chi connectivity index (χ1n) is 5.24. The highest BCUT2D eigenvalue weighted by molar-refractivity contribution is 5.47. The first kappa shape index (κ1) is 10.3. The Morgan fingerprint density at radius 2 is 1.44 bits per heavy atom. The largest absolute Gasteiger partial charge is 0.0623 e. The SMILES string of the molecule is C(#Cc1ccccc1)C1=C/C=C\C=C/C=C1. The van der Waals surface area contributed by atoms with Crippen LogP contribution in [-0.2, 0) is 0 Å². The third-order valence-corrected chi connectivity index (χ3v) is 2.12. The van der Waals surface area contributed by atoms with Crippen molar-refractivity contribution in [2.75, 3.05) is 0 Å². The highest BCUT2D eigenvalue weighted by atomic mass is 13.9. The summed E-state index contributed by atoms with van der Waals surface area (Å²) in [6.07, 6.45) is 14.0. The maximum atomic E-state index is 3.14. The number of allylic oxidation sites excluding steroid dienone is 8. The van der Waals surface area contributed by atoms with E-state index in [1.807, 2.05) is 72.9 Å². The van der Waals surface area contributed by atoms with E-state index in [1.165, 1.54) is 0 Å². The maximum absolute atomic E-state index is 3.14. The minimum absolute atomic E-state index is 1.02. The third kappa shape index (κ3) is 3.15. The molecule has 1 aliphatic carbocycles. The molecule has 1 aliphatic rings. The lowest BCUT2D eigenvalue weighted by atomic mass is 10.1. The fourth-order valence-electron chi connectivity index (χ4n) is 1.32. The van der Waals surface area contributed by atoms with Crippen LogP contribution in [0.25, 0.3) is 0 Å². The average molecular weight is 204 g/mol. The molecule has 0 heterocycles. The van der Waals surface area contributed by atoms with E-state index in [9.17, 15) is 0 Å². The van der Waals surface area contributed by atoms with E-state index in [0.29, 0.717) is 0 Å². The van der Waals surface area contributed by atoms with Gasteiger partial charge in [-0.05, 0) is 24.3 Å². The van der Waals surface area contributed by atoms with Crippen molar-refractivity contribution < 1.29 is 0 Å². The van der Waals surface area contributed by atoms with Gasteiger partial charge >= 0.3 is 0 Å². The van der Waals surface area contributed by atoms with E-state index in [1.54, 1.807) is 0 Å². The topological polar surface area (TPSA) is 0 Å². The van der Waals surface area contributed by atoms with Crippen LogP contribution in [0, 0.1) is 11.8 Å². The van der Waals surface area contributed by atoms with E-state index >= 15 is 0 Å². The quantitative estimate of drug-likeness (QED) is 0.566. The Morgan fingerprint density at radius 3 is 2.31 bits per heavy atom. The van der Waals surface area contributed by atoms with Crippen LogP contribution in [0.4, 0.5) is 0 Å². The molecule has 76 valence electrons. The van der Waals surface area contributed by atoms with Crippen molar-refractivity contribution in [3.8, 4) is 11.8 Å². The molecular formula is C16H12. The maximum Gasteiger partial charge on any atom is 0.0249 e. The van der Waals surface area contributed by atoms with Crippen molar-refractivity contribution >= 4 is 0 Å². The van der Waals surface area contributed by atoms with Gasteiger partial charge in [0.15, 0.2) is 0 Å². The highest BCUT2D eigenvalue weighted by Crippen LogP contribution is 2.01. The van der Waals surface area contributed by atoms with E-state index in [4.69, 9.17) is 0 Å². The molecule has 0 radical (unpaired) electrons. The van der Waals surface area contributed by atoms with Gasteiger partial charge in [-0.1, -0.05) is 60.4 Å². The van der Waals surface area contributed by atoms with Gasteiger partial charge in [-0.15, -0.1) is 0 Å². The molecule has 0 saturated heterocycles. The monoisotopic (exact) mass is 204 g/mol. The number of benzene rings is 1. The normalized spacial score (nSPS) is 17.4. The molecule has 0 atom stereocenters. The predicted octanol–water partition coefficient (Wildman–Crippen LogP) is 3.65. The lowest BCUT2D eigenvalue weighted by Crippen LogP contribution is -1.75. The smallest absolute Gasteiger partial charge is 0.0249 e. The van der Waals surface area contributed by atoms with Gasteiger partial charge in [-0.2, -0.15) is 0 Å². The Bertz CT molecular complexity index is 514. The molecule has 0 N–H and O–H groups in total. The van der Waals surface area contributed by atoms with Crippen molar-refractivity contribution in [3.05, 3.63) is 84.0 Å². The molecule has 0 nitrogen and oxygen atoms in total. The molecule has 0 fully saturated rings. The van der Waals surface area contributed by atoms with Crippen molar-refractivity contribution in [1.29, 1.82) is 0 Å². The molecule has 0 amide bonds. The molecule has 0 spiro atoms. The van der Waals surface area contributed by atoms with Crippen molar-refractivity contribution in [3.63, 3.8) is 0 Å². The summed E-state index contributed by atoms with van der Waals surface area (Å²) < 4.78 is 0. The molecule has 2 rings (SSSR count). The second-order valence-corrected chi connectivity index (χ2v) is 3.37. The molecule has 0 unspecified atom stereocenters. The molecular weight excluding hydrogens is 192 g/mol. The minimum Gasteiger partial charge on any atom is -0.0623 e. The van der Waals surface area contributed by atoms with Crippen molar-refractivity contribution in [2.24, 2.45) is 0 Å². The zero-order valence-electron chi connectivity index (χ0n) is 8.93.